The SMILES string of the molecule is Cc1cnn(C2CCN(CP(C)(C)=O)CC2)c1. The number of likely N-dealkylation sites (tertiary alicyclic amines) is 1. The predicted molar refractivity (Wildman–Crippen MR) is 71.1 cm³/mol. The molecule has 4 nitrogen and oxygen atoms in total. The Morgan fingerprint density at radius 3 is 2.53 bits per heavy atom. The summed E-state index contributed by atoms with van der Waals surface area (Å²) in [6, 6.07) is 0.521. The van der Waals surface area contributed by atoms with Crippen LogP contribution in [-0.4, -0.2) is 47.4 Å². The molecule has 0 aliphatic carbocycles. The van der Waals surface area contributed by atoms with Gasteiger partial charge in [-0.1, -0.05) is 0 Å². The minimum absolute atomic E-state index is 0.521. The molecule has 0 atom stereocenters. The third-order valence-electron chi connectivity index (χ3n) is 3.20. The summed E-state index contributed by atoms with van der Waals surface area (Å²) in [4.78, 5) is 2.33. The molecular weight excluding hydrogens is 233 g/mol. The molecular formula is C12H22N3OP. The van der Waals surface area contributed by atoms with Crippen LogP contribution in [0.3, 0.4) is 0 Å². The van der Waals surface area contributed by atoms with Crippen LogP contribution in [0.25, 0.3) is 0 Å². The fourth-order valence-electron chi connectivity index (χ4n) is 2.44. The standard InChI is InChI=1S/C12H22N3OP/c1-11-8-13-15(9-11)12-4-6-14(7-5-12)10-17(2,3)16/h8-9,12H,4-7,10H2,1-3H3. The number of aromatic nitrogens is 2. The van der Waals surface area contributed by atoms with Gasteiger partial charge in [-0.05, 0) is 38.7 Å². The van der Waals surface area contributed by atoms with Crippen LogP contribution in [0.1, 0.15) is 24.4 Å². The molecule has 0 radical (unpaired) electrons. The smallest absolute Gasteiger partial charge is 0.0951 e. The first kappa shape index (κ1) is 12.8. The van der Waals surface area contributed by atoms with Crippen LogP contribution in [-0.2, 0) is 4.57 Å². The molecule has 5 heteroatoms. The van der Waals surface area contributed by atoms with Gasteiger partial charge in [-0.2, -0.15) is 5.10 Å². The molecule has 17 heavy (non-hydrogen) atoms. The average Bonchev–Trinajstić information content (AvgIpc) is 2.63. The zero-order valence-electron chi connectivity index (χ0n) is 11.0. The van der Waals surface area contributed by atoms with Crippen molar-refractivity contribution < 1.29 is 4.57 Å². The fraction of sp³-hybridized carbons (Fsp3) is 0.750. The molecule has 1 fully saturated rings. The van der Waals surface area contributed by atoms with Crippen LogP contribution >= 0.6 is 7.14 Å². The first-order chi connectivity index (χ1) is 7.94. The van der Waals surface area contributed by atoms with E-state index in [1.54, 1.807) is 0 Å². The van der Waals surface area contributed by atoms with E-state index in [4.69, 9.17) is 0 Å². The van der Waals surface area contributed by atoms with E-state index in [1.165, 1.54) is 5.56 Å². The van der Waals surface area contributed by atoms with Crippen molar-refractivity contribution in [2.75, 3.05) is 32.7 Å². The van der Waals surface area contributed by atoms with E-state index < -0.39 is 7.14 Å². The van der Waals surface area contributed by atoms with Crippen molar-refractivity contribution in [1.29, 1.82) is 0 Å². The number of rotatable bonds is 3. The summed E-state index contributed by atoms with van der Waals surface area (Å²) in [5.41, 5.74) is 1.22. The molecule has 96 valence electrons. The average molecular weight is 255 g/mol. The largest absolute Gasteiger partial charge is 0.323 e. The molecule has 0 amide bonds. The van der Waals surface area contributed by atoms with Crippen LogP contribution in [0, 0.1) is 6.92 Å². The maximum atomic E-state index is 11.8. The van der Waals surface area contributed by atoms with Crippen molar-refractivity contribution in [1.82, 2.24) is 14.7 Å². The highest BCUT2D eigenvalue weighted by Gasteiger charge is 2.23. The highest BCUT2D eigenvalue weighted by Crippen LogP contribution is 2.37. The molecule has 1 aromatic heterocycles. The lowest BCUT2D eigenvalue weighted by Crippen LogP contribution is -2.35. The van der Waals surface area contributed by atoms with E-state index in [-0.39, 0.29) is 0 Å². The molecule has 2 heterocycles. The highest BCUT2D eigenvalue weighted by molar-refractivity contribution is 7.62. The minimum atomic E-state index is -1.92. The second-order valence-electron chi connectivity index (χ2n) is 5.56. The van der Waals surface area contributed by atoms with Gasteiger partial charge in [0.05, 0.1) is 25.7 Å². The second kappa shape index (κ2) is 4.95. The van der Waals surface area contributed by atoms with Gasteiger partial charge in [0.15, 0.2) is 0 Å². The van der Waals surface area contributed by atoms with Gasteiger partial charge in [0, 0.05) is 19.3 Å². The summed E-state index contributed by atoms with van der Waals surface area (Å²) in [5, 5.41) is 4.38. The summed E-state index contributed by atoms with van der Waals surface area (Å²) >= 11 is 0. The van der Waals surface area contributed by atoms with E-state index in [9.17, 15) is 4.57 Å². The maximum Gasteiger partial charge on any atom is 0.0951 e. The predicted octanol–water partition coefficient (Wildman–Crippen LogP) is 2.41. The number of hydrogen-bond acceptors (Lipinski definition) is 3. The van der Waals surface area contributed by atoms with Gasteiger partial charge in [0.1, 0.15) is 0 Å². The van der Waals surface area contributed by atoms with E-state index >= 15 is 0 Å². The number of aryl methyl sites for hydroxylation is 1. The number of piperidine rings is 1. The highest BCUT2D eigenvalue weighted by atomic mass is 31.2. The van der Waals surface area contributed by atoms with Crippen molar-refractivity contribution in [2.45, 2.75) is 25.8 Å². The molecule has 0 bridgehead atoms. The number of hydrogen-bond donors (Lipinski definition) is 0. The molecule has 0 unspecified atom stereocenters. The van der Waals surface area contributed by atoms with Crippen molar-refractivity contribution >= 4 is 7.14 Å². The molecule has 1 aliphatic heterocycles. The Hall–Kier alpha value is -0.600. The molecule has 2 rings (SSSR count). The summed E-state index contributed by atoms with van der Waals surface area (Å²) in [5.74, 6) is 0. The van der Waals surface area contributed by atoms with Gasteiger partial charge in [-0.3, -0.25) is 9.58 Å². The van der Waals surface area contributed by atoms with Gasteiger partial charge < -0.3 is 4.57 Å². The number of nitrogens with zero attached hydrogens (tertiary/aromatic N) is 3. The first-order valence-electron chi connectivity index (χ1n) is 6.21. The lowest BCUT2D eigenvalue weighted by molar-refractivity contribution is 0.202. The van der Waals surface area contributed by atoms with Crippen molar-refractivity contribution in [3.8, 4) is 0 Å². The Morgan fingerprint density at radius 1 is 1.41 bits per heavy atom. The van der Waals surface area contributed by atoms with Crippen molar-refractivity contribution in [3.63, 3.8) is 0 Å². The molecule has 1 saturated heterocycles. The zero-order valence-corrected chi connectivity index (χ0v) is 11.9. The van der Waals surface area contributed by atoms with Gasteiger partial charge in [-0.15, -0.1) is 0 Å². The van der Waals surface area contributed by atoms with Gasteiger partial charge >= 0.3 is 0 Å². The fourth-order valence-corrected chi connectivity index (χ4v) is 3.69. The zero-order chi connectivity index (χ0) is 12.5. The Kier molecular flexibility index (Phi) is 3.74. The monoisotopic (exact) mass is 255 g/mol. The third kappa shape index (κ3) is 3.68. The van der Waals surface area contributed by atoms with Gasteiger partial charge in [0.2, 0.25) is 0 Å². The molecule has 0 saturated carbocycles. The molecule has 1 aromatic rings. The molecule has 0 spiro atoms. The normalized spacial score (nSPS) is 19.7. The molecule has 1 aliphatic rings. The maximum absolute atomic E-state index is 11.8. The topological polar surface area (TPSA) is 38.1 Å². The Balaban J connectivity index is 1.88. The first-order valence-corrected chi connectivity index (χ1v) is 9.00. The lowest BCUT2D eigenvalue weighted by atomic mass is 10.1. The van der Waals surface area contributed by atoms with E-state index in [2.05, 4.69) is 27.8 Å². The minimum Gasteiger partial charge on any atom is -0.323 e. The van der Waals surface area contributed by atoms with Crippen LogP contribution in [0.15, 0.2) is 12.4 Å². The molecule has 0 aromatic carbocycles. The van der Waals surface area contributed by atoms with Crippen LogP contribution in [0.2, 0.25) is 0 Å². The lowest BCUT2D eigenvalue weighted by Gasteiger charge is -2.32. The summed E-state index contributed by atoms with van der Waals surface area (Å²) in [6.07, 6.45) is 7.02. The second-order valence-corrected chi connectivity index (χ2v) is 8.99. The summed E-state index contributed by atoms with van der Waals surface area (Å²) in [6.45, 7) is 7.89. The summed E-state index contributed by atoms with van der Waals surface area (Å²) < 4.78 is 13.9. The van der Waals surface area contributed by atoms with Crippen LogP contribution < -0.4 is 0 Å². The Labute approximate surface area is 103 Å². The quantitative estimate of drug-likeness (QED) is 0.778. The van der Waals surface area contributed by atoms with E-state index in [0.717, 1.165) is 32.2 Å². The van der Waals surface area contributed by atoms with Crippen LogP contribution in [0.5, 0.6) is 0 Å². The van der Waals surface area contributed by atoms with Gasteiger partial charge in [-0.25, -0.2) is 0 Å². The summed E-state index contributed by atoms with van der Waals surface area (Å²) in [7, 11) is -1.92. The van der Waals surface area contributed by atoms with Crippen molar-refractivity contribution in [2.24, 2.45) is 0 Å². The van der Waals surface area contributed by atoms with E-state index in [1.807, 2.05) is 19.5 Å². The third-order valence-corrected chi connectivity index (χ3v) is 4.28. The molecule has 0 N–H and O–H groups in total. The van der Waals surface area contributed by atoms with Crippen LogP contribution in [0.4, 0.5) is 0 Å². The Bertz CT molecular complexity index is 415. The van der Waals surface area contributed by atoms with E-state index in [0.29, 0.717) is 6.04 Å². The van der Waals surface area contributed by atoms with Gasteiger partial charge in [0.25, 0.3) is 0 Å². The Morgan fingerprint density at radius 2 is 2.06 bits per heavy atom. The van der Waals surface area contributed by atoms with Crippen molar-refractivity contribution in [3.05, 3.63) is 18.0 Å².